The number of hydrogen-bond donors (Lipinski definition) is 1. The van der Waals surface area contributed by atoms with Gasteiger partial charge in [0.2, 0.25) is 0 Å². The third-order valence-corrected chi connectivity index (χ3v) is 3.75. The molecule has 1 N–H and O–H groups in total. The van der Waals surface area contributed by atoms with Gasteiger partial charge in [-0.2, -0.15) is 0 Å². The highest BCUT2D eigenvalue weighted by atomic mass is 16.5. The Hall–Kier alpha value is -0.570. The maximum absolute atomic E-state index is 11.6. The second-order valence-electron chi connectivity index (χ2n) is 4.84. The maximum atomic E-state index is 11.6. The molecule has 0 saturated heterocycles. The molecule has 1 rings (SSSR count). The van der Waals surface area contributed by atoms with Gasteiger partial charge in [0.05, 0.1) is 18.1 Å². The van der Waals surface area contributed by atoms with E-state index >= 15 is 0 Å². The summed E-state index contributed by atoms with van der Waals surface area (Å²) in [4.78, 5) is 11.6. The van der Waals surface area contributed by atoms with Gasteiger partial charge in [0.15, 0.2) is 0 Å². The number of ether oxygens (including phenoxy) is 1. The van der Waals surface area contributed by atoms with Gasteiger partial charge in [-0.05, 0) is 26.7 Å². The summed E-state index contributed by atoms with van der Waals surface area (Å²) in [5.74, 6) is -0.340. The lowest BCUT2D eigenvalue weighted by atomic mass is 9.73. The molecule has 82 valence electrons. The van der Waals surface area contributed by atoms with Crippen molar-refractivity contribution in [3.05, 3.63) is 0 Å². The van der Waals surface area contributed by atoms with Crippen molar-refractivity contribution in [1.29, 1.82) is 0 Å². The van der Waals surface area contributed by atoms with Crippen LogP contribution in [-0.4, -0.2) is 23.3 Å². The monoisotopic (exact) mass is 200 g/mol. The molecule has 0 aromatic rings. The van der Waals surface area contributed by atoms with Crippen LogP contribution in [0.5, 0.6) is 0 Å². The lowest BCUT2D eigenvalue weighted by Gasteiger charge is -2.36. The van der Waals surface area contributed by atoms with Crippen molar-refractivity contribution < 1.29 is 14.6 Å². The summed E-state index contributed by atoms with van der Waals surface area (Å²) in [6, 6.07) is 0. The normalized spacial score (nSPS) is 35.6. The first kappa shape index (κ1) is 11.5. The van der Waals surface area contributed by atoms with Crippen molar-refractivity contribution in [2.45, 2.75) is 46.1 Å². The fourth-order valence-electron chi connectivity index (χ4n) is 2.14. The Morgan fingerprint density at radius 3 is 2.43 bits per heavy atom. The average Bonchev–Trinajstić information content (AvgIpc) is 2.23. The summed E-state index contributed by atoms with van der Waals surface area (Å²) < 4.78 is 5.00. The summed E-state index contributed by atoms with van der Waals surface area (Å²) in [6.07, 6.45) is 1.39. The van der Waals surface area contributed by atoms with Gasteiger partial charge in [-0.25, -0.2) is 0 Å². The van der Waals surface area contributed by atoms with Crippen LogP contribution in [-0.2, 0) is 9.53 Å². The molecule has 3 nitrogen and oxygen atoms in total. The van der Waals surface area contributed by atoms with E-state index < -0.39 is 5.60 Å². The van der Waals surface area contributed by atoms with E-state index in [0.29, 0.717) is 13.0 Å². The van der Waals surface area contributed by atoms with Crippen LogP contribution in [0.15, 0.2) is 0 Å². The van der Waals surface area contributed by atoms with E-state index in [-0.39, 0.29) is 17.3 Å². The second kappa shape index (κ2) is 3.54. The quantitative estimate of drug-likeness (QED) is 0.691. The Morgan fingerprint density at radius 2 is 2.07 bits per heavy atom. The minimum absolute atomic E-state index is 0.169. The topological polar surface area (TPSA) is 46.5 Å². The van der Waals surface area contributed by atoms with Crippen LogP contribution in [0.3, 0.4) is 0 Å². The van der Waals surface area contributed by atoms with Crippen LogP contribution < -0.4 is 0 Å². The number of rotatable bonds is 2. The number of aliphatic hydroxyl groups is 1. The zero-order valence-electron chi connectivity index (χ0n) is 9.46. The summed E-state index contributed by atoms with van der Waals surface area (Å²) in [7, 11) is 0. The molecule has 1 saturated carbocycles. The Balaban J connectivity index is 2.79. The number of carbonyl (C=O) groups is 1. The van der Waals surface area contributed by atoms with Crippen LogP contribution in [0, 0.1) is 11.3 Å². The van der Waals surface area contributed by atoms with Gasteiger partial charge < -0.3 is 9.84 Å². The van der Waals surface area contributed by atoms with Crippen molar-refractivity contribution in [3.63, 3.8) is 0 Å². The Labute approximate surface area is 85.5 Å². The van der Waals surface area contributed by atoms with Crippen LogP contribution in [0.2, 0.25) is 0 Å². The molecule has 2 atom stereocenters. The van der Waals surface area contributed by atoms with Crippen molar-refractivity contribution >= 4 is 5.97 Å². The van der Waals surface area contributed by atoms with Gasteiger partial charge in [-0.15, -0.1) is 0 Å². The zero-order valence-corrected chi connectivity index (χ0v) is 9.46. The van der Waals surface area contributed by atoms with Gasteiger partial charge in [-0.1, -0.05) is 13.8 Å². The molecule has 0 aromatic heterocycles. The molecule has 3 heteroatoms. The van der Waals surface area contributed by atoms with Crippen molar-refractivity contribution in [3.8, 4) is 0 Å². The minimum atomic E-state index is -0.759. The maximum Gasteiger partial charge on any atom is 0.309 e. The van der Waals surface area contributed by atoms with Gasteiger partial charge >= 0.3 is 5.97 Å². The second-order valence-corrected chi connectivity index (χ2v) is 4.84. The first-order chi connectivity index (χ1) is 6.33. The van der Waals surface area contributed by atoms with Crippen molar-refractivity contribution in [1.82, 2.24) is 0 Å². The Morgan fingerprint density at radius 1 is 1.50 bits per heavy atom. The van der Waals surface area contributed by atoms with Crippen molar-refractivity contribution in [2.24, 2.45) is 11.3 Å². The molecule has 1 fully saturated rings. The van der Waals surface area contributed by atoms with Crippen LogP contribution in [0.1, 0.15) is 40.5 Å². The summed E-state index contributed by atoms with van der Waals surface area (Å²) >= 11 is 0. The summed E-state index contributed by atoms with van der Waals surface area (Å²) in [5.41, 5.74) is -1.15. The predicted molar refractivity (Wildman–Crippen MR) is 53.8 cm³/mol. The van der Waals surface area contributed by atoms with E-state index in [4.69, 9.17) is 4.74 Å². The highest BCUT2D eigenvalue weighted by molar-refractivity contribution is 5.74. The Bertz CT molecular complexity index is 231. The van der Waals surface area contributed by atoms with E-state index in [2.05, 4.69) is 0 Å². The molecule has 0 radical (unpaired) electrons. The minimum Gasteiger partial charge on any atom is -0.466 e. The Kier molecular flexibility index (Phi) is 2.91. The molecule has 0 amide bonds. The molecule has 2 unspecified atom stereocenters. The SMILES string of the molecule is CCOC(=O)C1CCC(C)(O)C1(C)C. The van der Waals surface area contributed by atoms with Crippen molar-refractivity contribution in [2.75, 3.05) is 6.61 Å². The van der Waals surface area contributed by atoms with Crippen LogP contribution >= 0.6 is 0 Å². The molecule has 14 heavy (non-hydrogen) atoms. The zero-order chi connectivity index (χ0) is 11.0. The average molecular weight is 200 g/mol. The number of hydrogen-bond acceptors (Lipinski definition) is 3. The lowest BCUT2D eigenvalue weighted by Crippen LogP contribution is -2.42. The fourth-order valence-corrected chi connectivity index (χ4v) is 2.14. The number of carbonyl (C=O) groups excluding carboxylic acids is 1. The molecule has 1 aliphatic rings. The number of esters is 1. The molecule has 0 heterocycles. The molecule has 0 aromatic carbocycles. The van der Waals surface area contributed by atoms with Gasteiger partial charge in [0, 0.05) is 5.41 Å². The summed E-state index contributed by atoms with van der Waals surface area (Å²) in [6.45, 7) is 7.88. The van der Waals surface area contributed by atoms with E-state index in [9.17, 15) is 9.90 Å². The largest absolute Gasteiger partial charge is 0.466 e. The molecule has 0 aliphatic heterocycles. The van der Waals surface area contributed by atoms with E-state index in [1.54, 1.807) is 13.8 Å². The first-order valence-electron chi connectivity index (χ1n) is 5.22. The highest BCUT2D eigenvalue weighted by Gasteiger charge is 2.53. The van der Waals surface area contributed by atoms with Crippen LogP contribution in [0.4, 0.5) is 0 Å². The third kappa shape index (κ3) is 1.65. The van der Waals surface area contributed by atoms with E-state index in [0.717, 1.165) is 6.42 Å². The van der Waals surface area contributed by atoms with E-state index in [1.807, 2.05) is 13.8 Å². The molecule has 0 spiro atoms. The molecule has 1 aliphatic carbocycles. The predicted octanol–water partition coefficient (Wildman–Crippen LogP) is 1.74. The fraction of sp³-hybridized carbons (Fsp3) is 0.909. The highest BCUT2D eigenvalue weighted by Crippen LogP contribution is 2.50. The first-order valence-corrected chi connectivity index (χ1v) is 5.22. The lowest BCUT2D eigenvalue weighted by molar-refractivity contribution is -0.155. The van der Waals surface area contributed by atoms with Gasteiger partial charge in [0.25, 0.3) is 0 Å². The van der Waals surface area contributed by atoms with Crippen LogP contribution in [0.25, 0.3) is 0 Å². The summed E-state index contributed by atoms with van der Waals surface area (Å²) in [5, 5.41) is 10.1. The van der Waals surface area contributed by atoms with Gasteiger partial charge in [0.1, 0.15) is 0 Å². The molecular weight excluding hydrogens is 180 g/mol. The smallest absolute Gasteiger partial charge is 0.309 e. The van der Waals surface area contributed by atoms with E-state index in [1.165, 1.54) is 0 Å². The third-order valence-electron chi connectivity index (χ3n) is 3.75. The van der Waals surface area contributed by atoms with Gasteiger partial charge in [-0.3, -0.25) is 4.79 Å². The molecular formula is C11H20O3. The standard InChI is InChI=1S/C11H20O3/c1-5-14-9(12)8-6-7-11(4,13)10(8,2)3/h8,13H,5-7H2,1-4H3. The molecule has 0 bridgehead atoms.